The molecule has 1 fully saturated rings. The molecule has 0 amide bonds. The third-order valence-electron chi connectivity index (χ3n) is 6.36. The van der Waals surface area contributed by atoms with Crippen LogP contribution >= 0.6 is 0 Å². The van der Waals surface area contributed by atoms with Gasteiger partial charge in [-0.3, -0.25) is 4.90 Å². The minimum atomic E-state index is 0.663. The molecule has 1 rings (SSSR count). The summed E-state index contributed by atoms with van der Waals surface area (Å²) in [5.41, 5.74) is 0. The van der Waals surface area contributed by atoms with E-state index in [0.717, 1.165) is 25.7 Å². The van der Waals surface area contributed by atoms with Crippen molar-refractivity contribution < 1.29 is 4.74 Å². The molecule has 0 bridgehead atoms. The van der Waals surface area contributed by atoms with E-state index in [0.29, 0.717) is 6.04 Å². The van der Waals surface area contributed by atoms with Gasteiger partial charge in [0.15, 0.2) is 0 Å². The highest BCUT2D eigenvalue weighted by Gasteiger charge is 2.26. The highest BCUT2D eigenvalue weighted by Crippen LogP contribution is 2.21. The average molecular weight is 368 g/mol. The van der Waals surface area contributed by atoms with E-state index in [1.807, 2.05) is 0 Å². The van der Waals surface area contributed by atoms with Crippen LogP contribution in [0.25, 0.3) is 0 Å². The number of morpholine rings is 1. The van der Waals surface area contributed by atoms with Crippen LogP contribution in [0.5, 0.6) is 0 Å². The molecule has 0 saturated carbocycles. The van der Waals surface area contributed by atoms with Gasteiger partial charge < -0.3 is 4.74 Å². The monoisotopic (exact) mass is 367 g/mol. The van der Waals surface area contributed by atoms with Crippen LogP contribution in [0.1, 0.15) is 117 Å². The van der Waals surface area contributed by atoms with Crippen molar-refractivity contribution in [1.29, 1.82) is 0 Å². The number of ether oxygens (including phenoxy) is 1. The molecular weight excluding hydrogens is 318 g/mol. The maximum absolute atomic E-state index is 5.72. The summed E-state index contributed by atoms with van der Waals surface area (Å²) in [7, 11) is 0. The zero-order valence-electron chi connectivity index (χ0n) is 18.4. The minimum absolute atomic E-state index is 0.663. The number of rotatable bonds is 17. The zero-order chi connectivity index (χ0) is 18.9. The van der Waals surface area contributed by atoms with Crippen LogP contribution in [-0.2, 0) is 4.74 Å². The van der Waals surface area contributed by atoms with Crippen molar-refractivity contribution in [2.75, 3.05) is 26.3 Å². The predicted molar refractivity (Wildman–Crippen MR) is 116 cm³/mol. The summed E-state index contributed by atoms with van der Waals surface area (Å²) in [4.78, 5) is 2.62. The van der Waals surface area contributed by atoms with Crippen molar-refractivity contribution in [3.63, 3.8) is 0 Å². The third kappa shape index (κ3) is 11.6. The third-order valence-corrected chi connectivity index (χ3v) is 6.36. The lowest BCUT2D eigenvalue weighted by Crippen LogP contribution is -2.48. The molecule has 0 radical (unpaired) electrons. The summed E-state index contributed by atoms with van der Waals surface area (Å²) < 4.78 is 5.72. The number of hydrogen-bond acceptors (Lipinski definition) is 2. The molecule has 1 heterocycles. The van der Waals surface area contributed by atoms with Gasteiger partial charge in [-0.05, 0) is 18.9 Å². The Kier molecular flexibility index (Phi) is 15.7. The number of likely N-dealkylation sites (N-methyl/N-ethyl adjacent to an activating group) is 1. The molecule has 1 saturated heterocycles. The zero-order valence-corrected chi connectivity index (χ0v) is 18.4. The lowest BCUT2D eigenvalue weighted by Gasteiger charge is -2.38. The van der Waals surface area contributed by atoms with Crippen molar-refractivity contribution in [3.8, 4) is 0 Å². The molecule has 0 N–H and O–H groups in total. The Labute approximate surface area is 165 Å². The van der Waals surface area contributed by atoms with E-state index >= 15 is 0 Å². The number of unbranched alkanes of at least 4 members (excludes halogenated alkanes) is 13. The standard InChI is InChI=1S/C24H49NO/c1-4-6-7-8-9-10-11-12-13-14-15-16-17-18-19-23(3)24-22-26-21-20-25(24)5-2/h23-24H,4-22H2,1-3H3. The molecule has 0 aliphatic carbocycles. The molecule has 2 heteroatoms. The summed E-state index contributed by atoms with van der Waals surface area (Å²) in [5.74, 6) is 0.785. The van der Waals surface area contributed by atoms with E-state index in [1.165, 1.54) is 103 Å². The van der Waals surface area contributed by atoms with Crippen LogP contribution in [0.2, 0.25) is 0 Å². The molecule has 0 aromatic heterocycles. The Morgan fingerprint density at radius 1 is 0.769 bits per heavy atom. The first kappa shape index (κ1) is 24.0. The first-order chi connectivity index (χ1) is 12.8. The first-order valence-electron chi connectivity index (χ1n) is 12.1. The maximum atomic E-state index is 5.72. The fourth-order valence-electron chi connectivity index (χ4n) is 4.43. The fourth-order valence-corrected chi connectivity index (χ4v) is 4.43. The lowest BCUT2D eigenvalue weighted by molar-refractivity contribution is -0.0262. The van der Waals surface area contributed by atoms with Gasteiger partial charge in [-0.2, -0.15) is 0 Å². The Morgan fingerprint density at radius 2 is 1.27 bits per heavy atom. The molecule has 0 aromatic rings. The van der Waals surface area contributed by atoms with Crippen molar-refractivity contribution in [2.24, 2.45) is 5.92 Å². The van der Waals surface area contributed by atoms with E-state index in [4.69, 9.17) is 4.74 Å². The van der Waals surface area contributed by atoms with Gasteiger partial charge >= 0.3 is 0 Å². The highest BCUT2D eigenvalue weighted by molar-refractivity contribution is 4.79. The smallest absolute Gasteiger partial charge is 0.0625 e. The van der Waals surface area contributed by atoms with Crippen LogP contribution in [0.15, 0.2) is 0 Å². The molecule has 0 spiro atoms. The lowest BCUT2D eigenvalue weighted by atomic mass is 9.93. The van der Waals surface area contributed by atoms with E-state index in [-0.39, 0.29) is 0 Å². The normalized spacial score (nSPS) is 19.7. The van der Waals surface area contributed by atoms with Gasteiger partial charge in [-0.1, -0.05) is 111 Å². The van der Waals surface area contributed by atoms with Gasteiger partial charge in [0, 0.05) is 12.6 Å². The Bertz CT molecular complexity index is 294. The molecule has 1 aliphatic rings. The quantitative estimate of drug-likeness (QED) is 0.252. The first-order valence-corrected chi connectivity index (χ1v) is 12.1. The summed E-state index contributed by atoms with van der Waals surface area (Å²) in [6.45, 7) is 11.2. The van der Waals surface area contributed by atoms with Gasteiger partial charge in [0.2, 0.25) is 0 Å². The molecule has 2 nitrogen and oxygen atoms in total. The van der Waals surface area contributed by atoms with Crippen molar-refractivity contribution in [2.45, 2.75) is 123 Å². The van der Waals surface area contributed by atoms with Crippen molar-refractivity contribution >= 4 is 0 Å². The second kappa shape index (κ2) is 17.0. The van der Waals surface area contributed by atoms with Gasteiger partial charge in [0.1, 0.15) is 0 Å². The van der Waals surface area contributed by atoms with Crippen LogP contribution < -0.4 is 0 Å². The number of hydrogen-bond donors (Lipinski definition) is 0. The SMILES string of the molecule is CCCCCCCCCCCCCCCCC(C)C1COCCN1CC. The second-order valence-electron chi connectivity index (χ2n) is 8.63. The molecule has 2 atom stereocenters. The van der Waals surface area contributed by atoms with Gasteiger partial charge in [-0.25, -0.2) is 0 Å². The largest absolute Gasteiger partial charge is 0.378 e. The minimum Gasteiger partial charge on any atom is -0.378 e. The topological polar surface area (TPSA) is 12.5 Å². The Morgan fingerprint density at radius 3 is 1.77 bits per heavy atom. The van der Waals surface area contributed by atoms with E-state index in [2.05, 4.69) is 25.7 Å². The van der Waals surface area contributed by atoms with E-state index in [9.17, 15) is 0 Å². The second-order valence-corrected chi connectivity index (χ2v) is 8.63. The van der Waals surface area contributed by atoms with Gasteiger partial charge in [0.25, 0.3) is 0 Å². The van der Waals surface area contributed by atoms with Gasteiger partial charge in [0.05, 0.1) is 13.2 Å². The molecule has 156 valence electrons. The predicted octanol–water partition coefficient (Wildman–Crippen LogP) is 7.21. The summed E-state index contributed by atoms with van der Waals surface area (Å²) in [5, 5.41) is 0. The molecule has 1 aliphatic heterocycles. The van der Waals surface area contributed by atoms with Gasteiger partial charge in [-0.15, -0.1) is 0 Å². The van der Waals surface area contributed by atoms with E-state index in [1.54, 1.807) is 0 Å². The maximum Gasteiger partial charge on any atom is 0.0625 e. The summed E-state index contributed by atoms with van der Waals surface area (Å²) >= 11 is 0. The van der Waals surface area contributed by atoms with E-state index < -0.39 is 0 Å². The molecule has 2 unspecified atom stereocenters. The van der Waals surface area contributed by atoms with Crippen LogP contribution in [0, 0.1) is 5.92 Å². The highest BCUT2D eigenvalue weighted by atomic mass is 16.5. The molecular formula is C24H49NO. The number of nitrogens with zero attached hydrogens (tertiary/aromatic N) is 1. The van der Waals surface area contributed by atoms with Crippen LogP contribution in [-0.4, -0.2) is 37.2 Å². The van der Waals surface area contributed by atoms with Crippen molar-refractivity contribution in [3.05, 3.63) is 0 Å². The Hall–Kier alpha value is -0.0800. The molecule has 0 aromatic carbocycles. The summed E-state index contributed by atoms with van der Waals surface area (Å²) in [6, 6.07) is 0.663. The van der Waals surface area contributed by atoms with Crippen LogP contribution in [0.3, 0.4) is 0 Å². The fraction of sp³-hybridized carbons (Fsp3) is 1.00. The van der Waals surface area contributed by atoms with Crippen molar-refractivity contribution in [1.82, 2.24) is 4.90 Å². The Balaban J connectivity index is 1.84. The summed E-state index contributed by atoms with van der Waals surface area (Å²) in [6.07, 6.45) is 21.7. The average Bonchev–Trinajstić information content (AvgIpc) is 2.68. The van der Waals surface area contributed by atoms with Crippen LogP contribution in [0.4, 0.5) is 0 Å². The molecule has 26 heavy (non-hydrogen) atoms.